The molecule has 0 aromatic carbocycles. The topological polar surface area (TPSA) is 49.3 Å². The number of hydrogen-bond donors (Lipinski definition) is 2. The largest absolute Gasteiger partial charge is 0.384 e. The van der Waals surface area contributed by atoms with Gasteiger partial charge >= 0.3 is 0 Å². The molecule has 1 aliphatic rings. The van der Waals surface area contributed by atoms with Crippen molar-refractivity contribution in [1.82, 2.24) is 5.32 Å². The summed E-state index contributed by atoms with van der Waals surface area (Å²) in [5.41, 5.74) is 0.902. The van der Waals surface area contributed by atoms with E-state index in [0.29, 0.717) is 13.0 Å². The van der Waals surface area contributed by atoms with E-state index in [1.807, 2.05) is 11.4 Å². The molecule has 1 aromatic heterocycles. The molecule has 0 aliphatic heterocycles. The minimum Gasteiger partial charge on any atom is -0.384 e. The average Bonchev–Trinajstić information content (AvgIpc) is 3.12. The van der Waals surface area contributed by atoms with Crippen LogP contribution in [0.1, 0.15) is 49.0 Å². The maximum atomic E-state index is 11.8. The van der Waals surface area contributed by atoms with Crippen LogP contribution in [0.4, 0.5) is 0 Å². The van der Waals surface area contributed by atoms with Crippen molar-refractivity contribution < 1.29 is 9.90 Å². The highest BCUT2D eigenvalue weighted by atomic mass is 32.1. The molecule has 4 heteroatoms. The average molecular weight is 291 g/mol. The Bertz CT molecular complexity index is 492. The first kappa shape index (κ1) is 15.1. The molecule has 2 rings (SSSR count). The van der Waals surface area contributed by atoms with Gasteiger partial charge in [-0.15, -0.1) is 11.3 Å². The Balaban J connectivity index is 1.68. The molecule has 20 heavy (non-hydrogen) atoms. The Labute approximate surface area is 124 Å². The lowest BCUT2D eigenvalue weighted by Crippen LogP contribution is -2.22. The number of thiophene rings is 1. The van der Waals surface area contributed by atoms with Crippen molar-refractivity contribution in [2.45, 2.75) is 45.1 Å². The van der Waals surface area contributed by atoms with Crippen LogP contribution in [0.15, 0.2) is 11.4 Å². The lowest BCUT2D eigenvalue weighted by atomic mass is 10.0. The van der Waals surface area contributed by atoms with Crippen molar-refractivity contribution in [2.75, 3.05) is 6.61 Å². The summed E-state index contributed by atoms with van der Waals surface area (Å²) in [5, 5.41) is 13.5. The summed E-state index contributed by atoms with van der Waals surface area (Å²) >= 11 is 1.59. The predicted octanol–water partition coefficient (Wildman–Crippen LogP) is 2.68. The molecule has 0 unspecified atom stereocenters. The fraction of sp³-hybridized carbons (Fsp3) is 0.562. The van der Waals surface area contributed by atoms with Crippen molar-refractivity contribution in [1.29, 1.82) is 0 Å². The summed E-state index contributed by atoms with van der Waals surface area (Å²) < 4.78 is 0. The molecule has 1 aliphatic carbocycles. The number of rotatable bonds is 5. The fourth-order valence-corrected chi connectivity index (χ4v) is 3.34. The van der Waals surface area contributed by atoms with Crippen molar-refractivity contribution in [3.8, 4) is 11.8 Å². The molecular weight excluding hydrogens is 270 g/mol. The second kappa shape index (κ2) is 8.08. The lowest BCUT2D eigenvalue weighted by molar-refractivity contribution is -0.121. The third-order valence-corrected chi connectivity index (χ3v) is 4.62. The van der Waals surface area contributed by atoms with E-state index in [2.05, 4.69) is 17.2 Å². The van der Waals surface area contributed by atoms with E-state index in [1.165, 1.54) is 25.7 Å². The maximum Gasteiger partial charge on any atom is 0.220 e. The number of carbonyl (C=O) groups is 1. The predicted molar refractivity (Wildman–Crippen MR) is 81.3 cm³/mol. The summed E-state index contributed by atoms with van der Waals surface area (Å²) in [4.78, 5) is 12.9. The van der Waals surface area contributed by atoms with Crippen LogP contribution in [0.5, 0.6) is 0 Å². The van der Waals surface area contributed by atoms with Gasteiger partial charge in [-0.3, -0.25) is 4.79 Å². The monoisotopic (exact) mass is 291 g/mol. The molecule has 0 spiro atoms. The number of hydrogen-bond acceptors (Lipinski definition) is 3. The standard InChI is InChI=1S/C16H21NO2S/c18-9-3-6-14-10-15(20-12-14)11-17-16(19)8-7-13-4-1-2-5-13/h10,12-13,18H,1-2,4-5,7-9,11H2,(H,17,19). The van der Waals surface area contributed by atoms with Gasteiger partial charge < -0.3 is 10.4 Å². The van der Waals surface area contributed by atoms with Gasteiger partial charge in [-0.25, -0.2) is 0 Å². The van der Waals surface area contributed by atoms with Gasteiger partial charge in [-0.05, 0) is 18.4 Å². The maximum absolute atomic E-state index is 11.8. The third-order valence-electron chi connectivity index (χ3n) is 3.68. The first-order valence-electron chi connectivity index (χ1n) is 7.22. The van der Waals surface area contributed by atoms with Gasteiger partial charge in [0, 0.05) is 22.2 Å². The normalized spacial score (nSPS) is 14.8. The molecule has 0 saturated heterocycles. The minimum absolute atomic E-state index is 0.122. The molecule has 0 atom stereocenters. The van der Waals surface area contributed by atoms with Gasteiger partial charge in [0.1, 0.15) is 6.61 Å². The van der Waals surface area contributed by atoms with E-state index in [9.17, 15) is 4.79 Å². The van der Waals surface area contributed by atoms with E-state index in [1.54, 1.807) is 11.3 Å². The summed E-state index contributed by atoms with van der Waals surface area (Å²) in [6.45, 7) is 0.456. The highest BCUT2D eigenvalue weighted by molar-refractivity contribution is 7.10. The Morgan fingerprint density at radius 2 is 2.25 bits per heavy atom. The van der Waals surface area contributed by atoms with Gasteiger partial charge in [-0.1, -0.05) is 37.5 Å². The first-order chi connectivity index (χ1) is 9.78. The number of amides is 1. The number of nitrogens with one attached hydrogen (secondary N) is 1. The van der Waals surface area contributed by atoms with Gasteiger partial charge in [0.15, 0.2) is 0 Å². The van der Waals surface area contributed by atoms with E-state index >= 15 is 0 Å². The summed E-state index contributed by atoms with van der Waals surface area (Å²) in [6, 6.07) is 1.96. The second-order valence-electron chi connectivity index (χ2n) is 5.23. The molecule has 2 N–H and O–H groups in total. The third kappa shape index (κ3) is 4.99. The molecule has 1 saturated carbocycles. The molecule has 1 fully saturated rings. The van der Waals surface area contributed by atoms with Crippen molar-refractivity contribution in [3.63, 3.8) is 0 Å². The van der Waals surface area contributed by atoms with Crippen LogP contribution in [0.25, 0.3) is 0 Å². The highest BCUT2D eigenvalue weighted by Gasteiger charge is 2.15. The first-order valence-corrected chi connectivity index (χ1v) is 8.09. The number of aliphatic hydroxyl groups excluding tert-OH is 1. The Morgan fingerprint density at radius 3 is 3.00 bits per heavy atom. The van der Waals surface area contributed by atoms with E-state index < -0.39 is 0 Å². The zero-order valence-corrected chi connectivity index (χ0v) is 12.5. The van der Waals surface area contributed by atoms with Crippen LogP contribution in [0.2, 0.25) is 0 Å². The van der Waals surface area contributed by atoms with Gasteiger partial charge in [0.2, 0.25) is 5.91 Å². The quantitative estimate of drug-likeness (QED) is 0.819. The molecular formula is C16H21NO2S. The van der Waals surface area contributed by atoms with Crippen molar-refractivity contribution in [3.05, 3.63) is 21.9 Å². The summed E-state index contributed by atoms with van der Waals surface area (Å²) in [5.74, 6) is 6.39. The zero-order chi connectivity index (χ0) is 14.2. The Kier molecular flexibility index (Phi) is 6.10. The van der Waals surface area contributed by atoms with Crippen molar-refractivity contribution in [2.24, 2.45) is 5.92 Å². The number of carbonyl (C=O) groups excluding carboxylic acids is 1. The second-order valence-corrected chi connectivity index (χ2v) is 6.22. The van der Waals surface area contributed by atoms with Crippen LogP contribution in [0, 0.1) is 17.8 Å². The summed E-state index contributed by atoms with van der Waals surface area (Å²) in [7, 11) is 0. The molecule has 3 nitrogen and oxygen atoms in total. The fourth-order valence-electron chi connectivity index (χ4n) is 2.59. The number of aliphatic hydroxyl groups is 1. The molecule has 1 heterocycles. The lowest BCUT2D eigenvalue weighted by Gasteiger charge is -2.08. The highest BCUT2D eigenvalue weighted by Crippen LogP contribution is 2.28. The van der Waals surface area contributed by atoms with Gasteiger partial charge in [0.05, 0.1) is 6.54 Å². The molecule has 1 aromatic rings. The van der Waals surface area contributed by atoms with E-state index in [4.69, 9.17) is 5.11 Å². The van der Waals surface area contributed by atoms with Crippen LogP contribution in [-0.2, 0) is 11.3 Å². The molecule has 0 bridgehead atoms. The van der Waals surface area contributed by atoms with Crippen LogP contribution in [-0.4, -0.2) is 17.6 Å². The zero-order valence-electron chi connectivity index (χ0n) is 11.7. The Hall–Kier alpha value is -1.31. The van der Waals surface area contributed by atoms with E-state index in [-0.39, 0.29) is 12.5 Å². The van der Waals surface area contributed by atoms with Gasteiger partial charge in [-0.2, -0.15) is 0 Å². The van der Waals surface area contributed by atoms with E-state index in [0.717, 1.165) is 22.8 Å². The smallest absolute Gasteiger partial charge is 0.220 e. The molecule has 108 valence electrons. The summed E-state index contributed by atoms with van der Waals surface area (Å²) in [6.07, 6.45) is 6.94. The molecule has 0 radical (unpaired) electrons. The van der Waals surface area contributed by atoms with Crippen LogP contribution in [0.3, 0.4) is 0 Å². The molecule has 1 amide bonds. The Morgan fingerprint density at radius 1 is 1.45 bits per heavy atom. The minimum atomic E-state index is -0.122. The van der Waals surface area contributed by atoms with Crippen LogP contribution < -0.4 is 5.32 Å². The van der Waals surface area contributed by atoms with Crippen molar-refractivity contribution >= 4 is 17.2 Å². The van der Waals surface area contributed by atoms with Gasteiger partial charge in [0.25, 0.3) is 0 Å². The SMILES string of the molecule is O=C(CCC1CCCC1)NCc1cc(C#CCO)cs1. The van der Waals surface area contributed by atoms with Crippen LogP contribution >= 0.6 is 11.3 Å².